The monoisotopic (exact) mass is 1210 g/mol. The van der Waals surface area contributed by atoms with Crippen LogP contribution in [0, 0.1) is 0 Å². The molecule has 1 amide bonds. The van der Waals surface area contributed by atoms with Crippen molar-refractivity contribution in [1.29, 1.82) is 0 Å². The van der Waals surface area contributed by atoms with E-state index in [1.807, 2.05) is 40.1 Å². The third-order valence-electron chi connectivity index (χ3n) is 14.1. The number of pyridine rings is 2. The standard InChI is InChI=1S/C26H43N3O5S2Si.C16H21N3O.C13H26N2O4S2Si/c1-16(2)19-13-27-14-20(17(3)4)18(19)12-22(30)29-36(32,33)23-21(28-24(35-23)26(8,9)31)15-34-37(10,11)25(5,6)7;1-11(2)14-8-18-9-15(12(3)4)13(14)7-16(20)19-6-5-17-10-19;1-12(2,3)22(6,7)19-8-9-10(21(14,17)18)20-11(15-9)13(4,5)16/h13-14,16-17,31H,12,15H2,1-11H3,(H,29,30);5-6,8-12H,7H2,1-4H3;16H,8H2,1-7H3,(H2,14,17,18). The summed E-state index contributed by atoms with van der Waals surface area (Å²) in [4.78, 5) is 46.7. The van der Waals surface area contributed by atoms with E-state index in [1.54, 1.807) is 58.8 Å². The zero-order valence-corrected chi connectivity index (χ0v) is 56.0. The number of nitrogens with two attached hydrogens (primary N) is 1. The van der Waals surface area contributed by atoms with Crippen molar-refractivity contribution in [2.24, 2.45) is 5.14 Å². The number of primary sulfonamides is 1. The maximum atomic E-state index is 13.5. The van der Waals surface area contributed by atoms with Crippen LogP contribution >= 0.6 is 22.7 Å². The summed E-state index contributed by atoms with van der Waals surface area (Å²) in [5, 5.41) is 26.3. The molecule has 18 nitrogen and oxygen atoms in total. The summed E-state index contributed by atoms with van der Waals surface area (Å²) >= 11 is 1.75. The van der Waals surface area contributed by atoms with Gasteiger partial charge in [0.25, 0.3) is 10.0 Å². The minimum atomic E-state index is -4.25. The number of aliphatic hydroxyl groups is 2. The van der Waals surface area contributed by atoms with Crippen molar-refractivity contribution < 1.29 is 45.5 Å². The van der Waals surface area contributed by atoms with Gasteiger partial charge in [0.2, 0.25) is 21.8 Å². The Morgan fingerprint density at radius 2 is 0.975 bits per heavy atom. The molecule has 5 heterocycles. The molecule has 0 atom stereocenters. The van der Waals surface area contributed by atoms with Gasteiger partial charge in [0, 0.05) is 37.2 Å². The predicted octanol–water partition coefficient (Wildman–Crippen LogP) is 11.5. The molecule has 5 aromatic heterocycles. The fraction of sp³-hybridized carbons (Fsp3) is 0.618. The number of carbonyl (C=O) groups is 2. The van der Waals surface area contributed by atoms with E-state index in [2.05, 4.69) is 125 Å². The molecule has 5 N–H and O–H groups in total. The second-order valence-electron chi connectivity index (χ2n) is 25.2. The van der Waals surface area contributed by atoms with Gasteiger partial charge in [-0.25, -0.2) is 41.6 Å². The number of amides is 1. The molecule has 0 saturated heterocycles. The maximum Gasteiger partial charge on any atom is 0.275 e. The normalized spacial score (nSPS) is 13.2. The molecule has 0 aliphatic carbocycles. The molecular formula is C55H90N8O10S4Si2. The number of hydrogen-bond donors (Lipinski definition) is 4. The fourth-order valence-corrected chi connectivity index (χ4v) is 13.5. The zero-order chi connectivity index (χ0) is 60.8. The van der Waals surface area contributed by atoms with E-state index in [9.17, 15) is 36.6 Å². The highest BCUT2D eigenvalue weighted by molar-refractivity contribution is 7.92. The van der Waals surface area contributed by atoms with Gasteiger partial charge in [-0.2, -0.15) is 0 Å². The molecule has 0 spiro atoms. The van der Waals surface area contributed by atoms with Gasteiger partial charge in [0.15, 0.2) is 25.1 Å². The SMILES string of the molecule is CC(C)(O)c1nc(CO[Si](C)(C)C(C)(C)C)c(S(N)(=O)=O)s1.CC(C)c1cncc(C(C)C)c1CC(=O)NS(=O)(=O)c1sc(C(C)(C)O)nc1CO[Si](C)(C)C(C)(C)C.CC(C)c1cncc(C(C)C)c1CC(=O)n1ccnc1. The fourth-order valence-electron chi connectivity index (χ4n) is 7.23. The minimum absolute atomic E-state index is 0.00382. The van der Waals surface area contributed by atoms with Crippen LogP contribution in [0.2, 0.25) is 36.3 Å². The quantitative estimate of drug-likeness (QED) is 0.0560. The van der Waals surface area contributed by atoms with Gasteiger partial charge in [0.05, 0.1) is 37.4 Å². The van der Waals surface area contributed by atoms with Crippen LogP contribution in [0.15, 0.2) is 51.9 Å². The van der Waals surface area contributed by atoms with Crippen molar-refractivity contribution in [3.05, 3.63) is 98.3 Å². The number of hydrogen-bond acceptors (Lipinski definition) is 17. The Bertz CT molecular complexity index is 3040. The van der Waals surface area contributed by atoms with Crippen LogP contribution in [0.25, 0.3) is 0 Å². The number of nitrogens with zero attached hydrogens (tertiary/aromatic N) is 6. The first-order valence-electron chi connectivity index (χ1n) is 26.5. The molecular weight excluding hydrogens is 1120 g/mol. The molecule has 5 aromatic rings. The number of nitrogens with one attached hydrogen (secondary N) is 1. The summed E-state index contributed by atoms with van der Waals surface area (Å²) in [5.41, 5.74) is 3.97. The van der Waals surface area contributed by atoms with E-state index >= 15 is 0 Å². The van der Waals surface area contributed by atoms with Crippen LogP contribution in [-0.4, -0.2) is 85.0 Å². The summed E-state index contributed by atoms with van der Waals surface area (Å²) in [6.07, 6.45) is 12.4. The van der Waals surface area contributed by atoms with Crippen molar-refractivity contribution in [1.82, 2.24) is 34.2 Å². The van der Waals surface area contributed by atoms with Crippen molar-refractivity contribution in [3.63, 3.8) is 0 Å². The summed E-state index contributed by atoms with van der Waals surface area (Å²) in [7, 11) is -12.4. The summed E-state index contributed by atoms with van der Waals surface area (Å²) in [6, 6.07) is 0. The molecule has 442 valence electrons. The summed E-state index contributed by atoms with van der Waals surface area (Å²) < 4.78 is 66.3. The Balaban J connectivity index is 0.000000333. The van der Waals surface area contributed by atoms with E-state index in [0.717, 1.165) is 56.1 Å². The molecule has 5 rings (SSSR count). The molecule has 79 heavy (non-hydrogen) atoms. The van der Waals surface area contributed by atoms with Gasteiger partial charge in [-0.15, -0.1) is 22.7 Å². The number of sulfonamides is 2. The maximum absolute atomic E-state index is 13.5. The van der Waals surface area contributed by atoms with Crippen LogP contribution < -0.4 is 9.86 Å². The lowest BCUT2D eigenvalue weighted by Crippen LogP contribution is -2.40. The van der Waals surface area contributed by atoms with Gasteiger partial charge < -0.3 is 19.1 Å². The van der Waals surface area contributed by atoms with Crippen LogP contribution in [0.5, 0.6) is 0 Å². The predicted molar refractivity (Wildman–Crippen MR) is 320 cm³/mol. The molecule has 0 radical (unpaired) electrons. The first kappa shape index (κ1) is 69.3. The smallest absolute Gasteiger partial charge is 0.275 e. The minimum Gasteiger partial charge on any atom is -0.411 e. The second-order valence-corrected chi connectivity index (χ2v) is 40.5. The Labute approximate surface area is 481 Å². The lowest BCUT2D eigenvalue weighted by atomic mass is 9.89. The van der Waals surface area contributed by atoms with Crippen molar-refractivity contribution in [2.75, 3.05) is 0 Å². The Morgan fingerprint density at radius 1 is 0.620 bits per heavy atom. The van der Waals surface area contributed by atoms with E-state index in [-0.39, 0.29) is 72.3 Å². The molecule has 24 heteroatoms. The molecule has 0 aliphatic rings. The van der Waals surface area contributed by atoms with Gasteiger partial charge in [-0.3, -0.25) is 24.1 Å². The Hall–Kier alpha value is -3.96. The molecule has 0 aromatic carbocycles. The van der Waals surface area contributed by atoms with E-state index in [1.165, 1.54) is 4.57 Å². The Morgan fingerprint density at radius 3 is 1.29 bits per heavy atom. The highest BCUT2D eigenvalue weighted by Crippen LogP contribution is 2.40. The number of rotatable bonds is 19. The summed E-state index contributed by atoms with van der Waals surface area (Å²) in [6.45, 7) is 43.7. The highest BCUT2D eigenvalue weighted by Gasteiger charge is 2.40. The lowest BCUT2D eigenvalue weighted by molar-refractivity contribution is -0.118. The summed E-state index contributed by atoms with van der Waals surface area (Å²) in [5.74, 6) is 0.363. The van der Waals surface area contributed by atoms with E-state index in [4.69, 9.17) is 14.0 Å². The van der Waals surface area contributed by atoms with Gasteiger partial charge in [0.1, 0.15) is 27.5 Å². The zero-order valence-electron chi connectivity index (χ0n) is 50.7. The first-order valence-corrected chi connectivity index (χ1v) is 37.0. The first-order chi connectivity index (χ1) is 35.7. The van der Waals surface area contributed by atoms with Gasteiger partial charge in [-0.05, 0) is 121 Å². The van der Waals surface area contributed by atoms with Crippen molar-refractivity contribution in [2.45, 2.75) is 230 Å². The molecule has 0 bridgehead atoms. The number of thiazole rings is 2. The second kappa shape index (κ2) is 26.5. The van der Waals surface area contributed by atoms with E-state index < -0.39 is 53.8 Å². The Kier molecular flexibility index (Phi) is 23.3. The molecule has 0 fully saturated rings. The van der Waals surface area contributed by atoms with E-state index in [0.29, 0.717) is 23.3 Å². The van der Waals surface area contributed by atoms with Crippen LogP contribution in [0.4, 0.5) is 0 Å². The number of carbonyl (C=O) groups excluding carboxylic acids is 2. The van der Waals surface area contributed by atoms with Crippen molar-refractivity contribution in [3.8, 4) is 0 Å². The third kappa shape index (κ3) is 19.0. The molecule has 0 unspecified atom stereocenters. The van der Waals surface area contributed by atoms with Crippen LogP contribution in [0.3, 0.4) is 0 Å². The number of imidazole rings is 1. The molecule has 0 aliphatic heterocycles. The van der Waals surface area contributed by atoms with Crippen LogP contribution in [-0.2, 0) is 71.0 Å². The average Bonchev–Trinajstić information content (AvgIpc) is 4.08. The third-order valence-corrected chi connectivity index (χ3v) is 29.3. The molecule has 0 saturated carbocycles. The lowest BCUT2D eigenvalue weighted by Gasteiger charge is -2.36. The largest absolute Gasteiger partial charge is 0.411 e. The average molecular weight is 1210 g/mol. The van der Waals surface area contributed by atoms with Crippen molar-refractivity contribution >= 4 is 71.2 Å². The van der Waals surface area contributed by atoms with Crippen LogP contribution in [0.1, 0.15) is 208 Å². The van der Waals surface area contributed by atoms with Gasteiger partial charge in [-0.1, -0.05) is 96.9 Å². The number of aromatic nitrogens is 6. The topological polar surface area (TPSA) is 269 Å². The van der Waals surface area contributed by atoms with Gasteiger partial charge >= 0.3 is 0 Å². The highest BCUT2D eigenvalue weighted by atomic mass is 32.3.